The van der Waals surface area contributed by atoms with Gasteiger partial charge in [-0.3, -0.25) is 9.38 Å². The van der Waals surface area contributed by atoms with Crippen LogP contribution < -0.4 is 15.4 Å². The summed E-state index contributed by atoms with van der Waals surface area (Å²) in [6.45, 7) is 11.5. The zero-order chi connectivity index (χ0) is 29.1. The Morgan fingerprint density at radius 1 is 1.17 bits per heavy atom. The topological polar surface area (TPSA) is 114 Å². The maximum Gasteiger partial charge on any atom is 0.211 e. The second kappa shape index (κ2) is 10.5. The maximum atomic E-state index is 13.4. The first-order valence-corrected chi connectivity index (χ1v) is 16.1. The molecule has 1 fully saturated rings. The number of imidazole rings is 1. The summed E-state index contributed by atoms with van der Waals surface area (Å²) in [5, 5.41) is 0.427. The molecule has 41 heavy (non-hydrogen) atoms. The molecule has 0 aromatic carbocycles. The van der Waals surface area contributed by atoms with E-state index in [-0.39, 0.29) is 16.2 Å². The van der Waals surface area contributed by atoms with Gasteiger partial charge in [-0.25, -0.2) is 23.9 Å². The lowest BCUT2D eigenvalue weighted by Crippen LogP contribution is -2.60. The van der Waals surface area contributed by atoms with Crippen LogP contribution in [0, 0.1) is 19.3 Å². The van der Waals surface area contributed by atoms with Gasteiger partial charge in [0.15, 0.2) is 5.65 Å². The molecule has 3 unspecified atom stereocenters. The number of fused-ring (bicyclic) bond motifs is 2. The molecule has 3 N–H and O–H groups in total. The van der Waals surface area contributed by atoms with Crippen molar-refractivity contribution in [3.8, 4) is 0 Å². The zero-order valence-corrected chi connectivity index (χ0v) is 26.3. The molecule has 0 amide bonds. The number of aromatic nitrogens is 5. The van der Waals surface area contributed by atoms with E-state index in [1.54, 1.807) is 6.20 Å². The molecular weight excluding hydrogens is 576 g/mol. The number of nitrogens with one attached hydrogen (secondary N) is 1. The second-order valence-corrected chi connectivity index (χ2v) is 15.5. The van der Waals surface area contributed by atoms with Crippen LogP contribution in [0.3, 0.4) is 0 Å². The summed E-state index contributed by atoms with van der Waals surface area (Å²) in [6, 6.07) is 6.04. The monoisotopic (exact) mass is 610 g/mol. The SMILES string of the molecule is Cc1cn2c(N3CCC4(Cc5cccnc5C4)C(NS(=O)C(C)(C)C)C3)nc(C)c(Sc3ccnc(N)c3Cl)c2n1. The number of anilines is 2. The van der Waals surface area contributed by atoms with E-state index in [0.717, 1.165) is 64.3 Å². The first-order chi connectivity index (χ1) is 19.4. The number of aryl methyl sites for hydroxylation is 2. The van der Waals surface area contributed by atoms with Crippen molar-refractivity contribution in [2.75, 3.05) is 23.7 Å². The number of rotatable bonds is 5. The highest BCUT2D eigenvalue weighted by atomic mass is 35.5. The van der Waals surface area contributed by atoms with Crippen LogP contribution in [0.4, 0.5) is 11.8 Å². The molecule has 1 saturated heterocycles. The van der Waals surface area contributed by atoms with E-state index >= 15 is 0 Å². The minimum atomic E-state index is -1.22. The third-order valence-corrected chi connectivity index (χ3v) is 11.5. The third kappa shape index (κ3) is 5.22. The van der Waals surface area contributed by atoms with Gasteiger partial charge in [-0.1, -0.05) is 29.4 Å². The Bertz CT molecular complexity index is 1640. The Balaban J connectivity index is 1.37. The van der Waals surface area contributed by atoms with Gasteiger partial charge in [-0.15, -0.1) is 0 Å². The van der Waals surface area contributed by atoms with Gasteiger partial charge in [0.25, 0.3) is 0 Å². The number of halogens is 1. The van der Waals surface area contributed by atoms with Gasteiger partial charge >= 0.3 is 0 Å². The number of nitrogens with zero attached hydrogens (tertiary/aromatic N) is 6. The Hall–Kier alpha value is -2.73. The molecule has 0 radical (unpaired) electrons. The van der Waals surface area contributed by atoms with Crippen LogP contribution in [0.2, 0.25) is 5.02 Å². The molecule has 3 atom stereocenters. The van der Waals surface area contributed by atoms with E-state index in [0.29, 0.717) is 17.4 Å². The van der Waals surface area contributed by atoms with Crippen molar-refractivity contribution < 1.29 is 4.21 Å². The second-order valence-electron chi connectivity index (χ2n) is 12.1. The van der Waals surface area contributed by atoms with E-state index in [1.165, 1.54) is 17.3 Å². The summed E-state index contributed by atoms with van der Waals surface area (Å²) in [5.41, 5.74) is 11.0. The quantitative estimate of drug-likeness (QED) is 0.327. The molecule has 12 heteroatoms. The van der Waals surface area contributed by atoms with Crippen molar-refractivity contribution >= 4 is 51.8 Å². The molecule has 0 bridgehead atoms. The fourth-order valence-corrected chi connectivity index (χ4v) is 8.01. The Kier molecular flexibility index (Phi) is 7.28. The lowest BCUT2D eigenvalue weighted by molar-refractivity contribution is 0.180. The minimum Gasteiger partial charge on any atom is -0.382 e. The van der Waals surface area contributed by atoms with Crippen LogP contribution in [-0.2, 0) is 23.8 Å². The average Bonchev–Trinajstić information content (AvgIpc) is 3.49. The highest BCUT2D eigenvalue weighted by molar-refractivity contribution is 7.99. The average molecular weight is 611 g/mol. The first kappa shape index (κ1) is 28.4. The van der Waals surface area contributed by atoms with Crippen LogP contribution in [0.25, 0.3) is 5.65 Å². The lowest BCUT2D eigenvalue weighted by Gasteiger charge is -2.47. The third-order valence-electron chi connectivity index (χ3n) is 8.09. The van der Waals surface area contributed by atoms with Gasteiger partial charge in [0.2, 0.25) is 5.95 Å². The van der Waals surface area contributed by atoms with Crippen molar-refractivity contribution in [2.45, 2.75) is 74.5 Å². The van der Waals surface area contributed by atoms with E-state index in [2.05, 4.69) is 25.1 Å². The van der Waals surface area contributed by atoms with Crippen molar-refractivity contribution in [1.29, 1.82) is 0 Å². The molecule has 216 valence electrons. The van der Waals surface area contributed by atoms with Crippen LogP contribution in [0.15, 0.2) is 46.6 Å². The molecule has 2 aliphatic rings. The fraction of sp³-hybridized carbons (Fsp3) is 0.448. The van der Waals surface area contributed by atoms with E-state index < -0.39 is 11.0 Å². The molecule has 1 spiro atoms. The summed E-state index contributed by atoms with van der Waals surface area (Å²) in [5.74, 6) is 1.13. The van der Waals surface area contributed by atoms with E-state index in [1.807, 2.05) is 59.1 Å². The van der Waals surface area contributed by atoms with Crippen LogP contribution in [-0.4, -0.2) is 52.4 Å². The molecule has 6 rings (SSSR count). The Morgan fingerprint density at radius 2 is 1.98 bits per heavy atom. The summed E-state index contributed by atoms with van der Waals surface area (Å²) >= 11 is 7.98. The molecule has 0 saturated carbocycles. The van der Waals surface area contributed by atoms with Crippen LogP contribution in [0.1, 0.15) is 49.8 Å². The molecule has 9 nitrogen and oxygen atoms in total. The fourth-order valence-electron chi connectivity index (χ4n) is 5.88. The summed E-state index contributed by atoms with van der Waals surface area (Å²) in [7, 11) is -1.22. The lowest BCUT2D eigenvalue weighted by atomic mass is 9.72. The van der Waals surface area contributed by atoms with Crippen molar-refractivity contribution in [3.63, 3.8) is 0 Å². The van der Waals surface area contributed by atoms with Gasteiger partial charge in [-0.2, -0.15) is 0 Å². The Morgan fingerprint density at radius 3 is 2.73 bits per heavy atom. The molecule has 5 heterocycles. The number of hydrogen-bond acceptors (Lipinski definition) is 8. The van der Waals surface area contributed by atoms with E-state index in [4.69, 9.17) is 32.3 Å². The minimum absolute atomic E-state index is 0.0139. The number of nitrogen functional groups attached to an aromatic ring is 1. The normalized spacial score (nSPS) is 21.5. The molecule has 4 aromatic heterocycles. The van der Waals surface area contributed by atoms with Crippen LogP contribution in [0.5, 0.6) is 0 Å². The van der Waals surface area contributed by atoms with Crippen LogP contribution >= 0.6 is 23.4 Å². The van der Waals surface area contributed by atoms with Crippen molar-refractivity contribution in [1.82, 2.24) is 29.1 Å². The predicted octanol–water partition coefficient (Wildman–Crippen LogP) is 4.94. The predicted molar refractivity (Wildman–Crippen MR) is 166 cm³/mol. The highest BCUT2D eigenvalue weighted by Crippen LogP contribution is 2.46. The maximum absolute atomic E-state index is 13.4. The number of pyridine rings is 2. The smallest absolute Gasteiger partial charge is 0.211 e. The molecule has 1 aliphatic heterocycles. The van der Waals surface area contributed by atoms with E-state index in [9.17, 15) is 4.21 Å². The standard InChI is InChI=1S/C29H35ClN8OS2/c1-17-15-38-26(34-17)24(40-21-8-11-33-25(31)23(21)30)18(2)35-27(38)37-12-9-29(13-19-7-6-10-32-20(19)14-29)22(16-37)36-41(39)28(3,4)5/h6-8,10-11,15,22,36H,9,12-14,16H2,1-5H3,(H2,31,33). The highest BCUT2D eigenvalue weighted by Gasteiger charge is 2.49. The zero-order valence-electron chi connectivity index (χ0n) is 23.9. The molecule has 4 aromatic rings. The van der Waals surface area contributed by atoms with Gasteiger partial charge in [0.05, 0.1) is 37.0 Å². The van der Waals surface area contributed by atoms with Gasteiger partial charge in [-0.05, 0) is 77.0 Å². The van der Waals surface area contributed by atoms with Gasteiger partial charge in [0.1, 0.15) is 5.82 Å². The molecular formula is C29H35ClN8OS2. The number of piperidine rings is 1. The largest absolute Gasteiger partial charge is 0.382 e. The van der Waals surface area contributed by atoms with Gasteiger partial charge < -0.3 is 10.6 Å². The summed E-state index contributed by atoms with van der Waals surface area (Å²) < 4.78 is 18.7. The number of hydrogen-bond donors (Lipinski definition) is 2. The summed E-state index contributed by atoms with van der Waals surface area (Å²) in [4.78, 5) is 22.8. The first-order valence-electron chi connectivity index (χ1n) is 13.7. The van der Waals surface area contributed by atoms with Crippen molar-refractivity contribution in [3.05, 3.63) is 64.5 Å². The van der Waals surface area contributed by atoms with Crippen molar-refractivity contribution in [2.24, 2.45) is 5.41 Å². The summed E-state index contributed by atoms with van der Waals surface area (Å²) in [6.07, 6.45) is 8.30. The molecule has 1 aliphatic carbocycles. The number of nitrogens with two attached hydrogens (primary N) is 1. The van der Waals surface area contributed by atoms with Gasteiger partial charge in [0, 0.05) is 48.3 Å². The Labute approximate surface area is 252 Å².